The third-order valence-corrected chi connectivity index (χ3v) is 2.37. The van der Waals surface area contributed by atoms with Crippen molar-refractivity contribution in [3.8, 4) is 0 Å². The number of ether oxygens (including phenoxy) is 1. The molecule has 0 fully saturated rings. The quantitative estimate of drug-likeness (QED) is 0.807. The smallest absolute Gasteiger partial charge is 0.337 e. The van der Waals surface area contributed by atoms with Crippen LogP contribution in [0, 0.1) is 0 Å². The number of hydrogen-bond donors (Lipinski definition) is 1. The van der Waals surface area contributed by atoms with Crippen LogP contribution >= 0.6 is 0 Å². The lowest BCUT2D eigenvalue weighted by molar-refractivity contribution is 0.0600. The standard InChI is InChI=1S/C12H15F2NO2/c1-3-15-10(11(13)14)8-4-6-9(7-5-8)12(16)17-2/h4-7,10-11,15H,3H2,1-2H3. The number of methoxy groups -OCH3 is 1. The van der Waals surface area contributed by atoms with Gasteiger partial charge in [-0.25, -0.2) is 13.6 Å². The summed E-state index contributed by atoms with van der Waals surface area (Å²) in [7, 11) is 1.27. The molecule has 0 radical (unpaired) electrons. The Morgan fingerprint density at radius 3 is 2.35 bits per heavy atom. The van der Waals surface area contributed by atoms with Crippen molar-refractivity contribution in [2.45, 2.75) is 19.4 Å². The normalized spacial score (nSPS) is 12.5. The molecule has 1 unspecified atom stereocenters. The molecule has 0 bridgehead atoms. The van der Waals surface area contributed by atoms with Gasteiger partial charge in [-0.3, -0.25) is 0 Å². The van der Waals surface area contributed by atoms with Crippen LogP contribution in [0.5, 0.6) is 0 Å². The lowest BCUT2D eigenvalue weighted by atomic mass is 10.1. The topological polar surface area (TPSA) is 38.3 Å². The number of alkyl halides is 2. The maximum absolute atomic E-state index is 12.7. The zero-order valence-electron chi connectivity index (χ0n) is 9.74. The first-order chi connectivity index (χ1) is 8.10. The van der Waals surface area contributed by atoms with Crippen molar-refractivity contribution < 1.29 is 18.3 Å². The summed E-state index contributed by atoms with van der Waals surface area (Å²) in [6.07, 6.45) is -2.49. The number of hydrogen-bond acceptors (Lipinski definition) is 3. The molecule has 0 saturated carbocycles. The Bertz CT molecular complexity index is 365. The summed E-state index contributed by atoms with van der Waals surface area (Å²) in [5.41, 5.74) is 0.801. The van der Waals surface area contributed by atoms with Gasteiger partial charge in [0.25, 0.3) is 6.43 Å². The molecule has 0 aromatic heterocycles. The Morgan fingerprint density at radius 2 is 1.94 bits per heavy atom. The van der Waals surface area contributed by atoms with Crippen LogP contribution < -0.4 is 5.32 Å². The molecule has 0 aliphatic rings. The van der Waals surface area contributed by atoms with Gasteiger partial charge in [0.15, 0.2) is 0 Å². The van der Waals surface area contributed by atoms with Crippen molar-refractivity contribution in [1.82, 2.24) is 5.32 Å². The fraction of sp³-hybridized carbons (Fsp3) is 0.417. The van der Waals surface area contributed by atoms with Crippen LogP contribution in [-0.2, 0) is 4.74 Å². The Morgan fingerprint density at radius 1 is 1.35 bits per heavy atom. The van der Waals surface area contributed by atoms with Crippen LogP contribution in [0.3, 0.4) is 0 Å². The lowest BCUT2D eigenvalue weighted by Crippen LogP contribution is -2.27. The first kappa shape index (κ1) is 13.6. The van der Waals surface area contributed by atoms with Gasteiger partial charge < -0.3 is 10.1 Å². The van der Waals surface area contributed by atoms with Crippen LogP contribution in [0.4, 0.5) is 8.78 Å². The molecular weight excluding hydrogens is 228 g/mol. The van der Waals surface area contributed by atoms with Gasteiger partial charge in [0.2, 0.25) is 0 Å². The van der Waals surface area contributed by atoms with Gasteiger partial charge in [-0.15, -0.1) is 0 Å². The molecule has 1 aromatic carbocycles. The molecule has 0 aliphatic carbocycles. The summed E-state index contributed by atoms with van der Waals surface area (Å²) in [6, 6.07) is 4.96. The maximum atomic E-state index is 12.7. The highest BCUT2D eigenvalue weighted by atomic mass is 19.3. The van der Waals surface area contributed by atoms with E-state index in [0.29, 0.717) is 17.7 Å². The molecule has 0 amide bonds. The summed E-state index contributed by atoms with van der Waals surface area (Å²) in [4.78, 5) is 11.2. The van der Waals surface area contributed by atoms with Crippen molar-refractivity contribution in [2.75, 3.05) is 13.7 Å². The zero-order valence-corrected chi connectivity index (χ0v) is 9.74. The third-order valence-electron chi connectivity index (χ3n) is 2.37. The van der Waals surface area contributed by atoms with E-state index in [2.05, 4.69) is 10.1 Å². The average molecular weight is 243 g/mol. The molecule has 0 heterocycles. The van der Waals surface area contributed by atoms with E-state index >= 15 is 0 Å². The van der Waals surface area contributed by atoms with Gasteiger partial charge >= 0.3 is 5.97 Å². The van der Waals surface area contributed by atoms with E-state index in [4.69, 9.17) is 0 Å². The van der Waals surface area contributed by atoms with E-state index in [1.54, 1.807) is 6.92 Å². The number of esters is 1. The molecule has 94 valence electrons. The molecule has 1 atom stereocenters. The molecular formula is C12H15F2NO2. The summed E-state index contributed by atoms with van der Waals surface area (Å²) in [5.74, 6) is -0.478. The molecule has 1 aromatic rings. The van der Waals surface area contributed by atoms with Gasteiger partial charge in [0, 0.05) is 0 Å². The van der Waals surface area contributed by atoms with Crippen LogP contribution in [0.15, 0.2) is 24.3 Å². The van der Waals surface area contributed by atoms with E-state index in [1.165, 1.54) is 31.4 Å². The molecule has 3 nitrogen and oxygen atoms in total. The number of carbonyl (C=O) groups excluding carboxylic acids is 1. The molecule has 0 spiro atoms. The van der Waals surface area contributed by atoms with Gasteiger partial charge in [-0.1, -0.05) is 19.1 Å². The number of rotatable bonds is 5. The Labute approximate surface area is 98.8 Å². The van der Waals surface area contributed by atoms with Gasteiger partial charge in [-0.05, 0) is 24.2 Å². The van der Waals surface area contributed by atoms with E-state index < -0.39 is 18.4 Å². The van der Waals surface area contributed by atoms with Gasteiger partial charge in [-0.2, -0.15) is 0 Å². The van der Waals surface area contributed by atoms with Crippen molar-refractivity contribution in [3.63, 3.8) is 0 Å². The van der Waals surface area contributed by atoms with E-state index in [1.807, 2.05) is 0 Å². The second-order valence-electron chi connectivity index (χ2n) is 3.48. The van der Waals surface area contributed by atoms with Crippen molar-refractivity contribution >= 4 is 5.97 Å². The summed E-state index contributed by atoms with van der Waals surface area (Å²) in [6.45, 7) is 2.21. The fourth-order valence-corrected chi connectivity index (χ4v) is 1.52. The minimum Gasteiger partial charge on any atom is -0.465 e. The highest BCUT2D eigenvalue weighted by Gasteiger charge is 2.21. The average Bonchev–Trinajstić information content (AvgIpc) is 2.35. The summed E-state index contributed by atoms with van der Waals surface area (Å²) in [5, 5.41) is 2.69. The SMILES string of the molecule is CCNC(c1ccc(C(=O)OC)cc1)C(F)F. The fourth-order valence-electron chi connectivity index (χ4n) is 1.52. The minimum atomic E-state index is -2.49. The van der Waals surface area contributed by atoms with E-state index in [0.717, 1.165) is 0 Å². The minimum absolute atomic E-state index is 0.348. The highest BCUT2D eigenvalue weighted by Crippen LogP contribution is 2.21. The molecule has 1 N–H and O–H groups in total. The largest absolute Gasteiger partial charge is 0.465 e. The van der Waals surface area contributed by atoms with Crippen molar-refractivity contribution in [3.05, 3.63) is 35.4 Å². The molecule has 0 aliphatic heterocycles. The highest BCUT2D eigenvalue weighted by molar-refractivity contribution is 5.89. The first-order valence-electron chi connectivity index (χ1n) is 5.30. The predicted octanol–water partition coefficient (Wildman–Crippen LogP) is 2.39. The van der Waals surface area contributed by atoms with Crippen molar-refractivity contribution in [2.24, 2.45) is 0 Å². The number of halogens is 2. The molecule has 0 saturated heterocycles. The Hall–Kier alpha value is -1.49. The lowest BCUT2D eigenvalue weighted by Gasteiger charge is -2.17. The predicted molar refractivity (Wildman–Crippen MR) is 60.2 cm³/mol. The second-order valence-corrected chi connectivity index (χ2v) is 3.48. The first-order valence-corrected chi connectivity index (χ1v) is 5.30. The second kappa shape index (κ2) is 6.30. The molecule has 5 heteroatoms. The van der Waals surface area contributed by atoms with E-state index in [-0.39, 0.29) is 0 Å². The van der Waals surface area contributed by atoms with Crippen LogP contribution in [-0.4, -0.2) is 26.0 Å². The van der Waals surface area contributed by atoms with Crippen LogP contribution in [0.2, 0.25) is 0 Å². The maximum Gasteiger partial charge on any atom is 0.337 e. The van der Waals surface area contributed by atoms with E-state index in [9.17, 15) is 13.6 Å². The number of nitrogens with one attached hydrogen (secondary N) is 1. The third kappa shape index (κ3) is 3.49. The molecule has 1 rings (SSSR count). The van der Waals surface area contributed by atoms with Crippen LogP contribution in [0.1, 0.15) is 28.9 Å². The molecule has 17 heavy (non-hydrogen) atoms. The van der Waals surface area contributed by atoms with Crippen LogP contribution in [0.25, 0.3) is 0 Å². The summed E-state index contributed by atoms with van der Waals surface area (Å²) < 4.78 is 30.0. The number of carbonyl (C=O) groups is 1. The number of benzene rings is 1. The Balaban J connectivity index is 2.88. The van der Waals surface area contributed by atoms with Gasteiger partial charge in [0.1, 0.15) is 0 Å². The monoisotopic (exact) mass is 243 g/mol. The Kier molecular flexibility index (Phi) is 5.03. The zero-order chi connectivity index (χ0) is 12.8. The van der Waals surface area contributed by atoms with Gasteiger partial charge in [0.05, 0.1) is 18.7 Å². The summed E-state index contributed by atoms with van der Waals surface area (Å²) >= 11 is 0. The van der Waals surface area contributed by atoms with Crippen molar-refractivity contribution in [1.29, 1.82) is 0 Å².